The van der Waals surface area contributed by atoms with Crippen LogP contribution in [0.2, 0.25) is 0 Å². The number of esters is 2. The first-order valence-corrected chi connectivity index (χ1v) is 10.5. The van der Waals surface area contributed by atoms with Crippen molar-refractivity contribution < 1.29 is 23.9 Å². The summed E-state index contributed by atoms with van der Waals surface area (Å²) in [7, 11) is 0. The molecule has 3 aliphatic rings. The van der Waals surface area contributed by atoms with Crippen molar-refractivity contribution >= 4 is 17.7 Å². The van der Waals surface area contributed by atoms with Crippen LogP contribution in [-0.2, 0) is 25.5 Å². The largest absolute Gasteiger partial charge is 0.457 e. The standard InChI is InChI=1S/C24H28O5/c1-14(25)28-13-23(27)22-9-8-21-20-6-4-16-12-17(29-15(2)26)5-7-18(16)19(20)10-11-24(21,22)3/h5,7,9,12,19-21H,4,6,8,10-11,13H2,1-3H3/t19-,20-,21+,24+/m1/s1. The molecule has 0 saturated heterocycles. The molecular formula is C24H28O5. The lowest BCUT2D eigenvalue weighted by Gasteiger charge is -2.50. The molecule has 1 saturated carbocycles. The van der Waals surface area contributed by atoms with E-state index in [0.29, 0.717) is 23.5 Å². The molecule has 5 nitrogen and oxygen atoms in total. The van der Waals surface area contributed by atoms with Gasteiger partial charge in [-0.2, -0.15) is 0 Å². The molecule has 0 bridgehead atoms. The lowest BCUT2D eigenvalue weighted by Crippen LogP contribution is -2.42. The predicted molar refractivity (Wildman–Crippen MR) is 107 cm³/mol. The quantitative estimate of drug-likeness (QED) is 0.565. The van der Waals surface area contributed by atoms with Gasteiger partial charge in [-0.15, -0.1) is 0 Å². The number of rotatable bonds is 4. The fourth-order valence-electron chi connectivity index (χ4n) is 6.03. The van der Waals surface area contributed by atoms with Crippen LogP contribution >= 0.6 is 0 Å². The first-order chi connectivity index (χ1) is 13.8. The second-order valence-electron chi connectivity index (χ2n) is 8.88. The van der Waals surface area contributed by atoms with Crippen molar-refractivity contribution in [2.75, 3.05) is 6.61 Å². The molecule has 0 N–H and O–H groups in total. The number of allylic oxidation sites excluding steroid dienone is 1. The van der Waals surface area contributed by atoms with Gasteiger partial charge in [0, 0.05) is 19.4 Å². The Kier molecular flexibility index (Phi) is 5.09. The van der Waals surface area contributed by atoms with Gasteiger partial charge in [0.15, 0.2) is 12.4 Å². The van der Waals surface area contributed by atoms with Gasteiger partial charge in [-0.3, -0.25) is 14.4 Å². The number of carbonyl (C=O) groups is 3. The molecule has 0 heterocycles. The van der Waals surface area contributed by atoms with Gasteiger partial charge in [-0.25, -0.2) is 0 Å². The molecule has 29 heavy (non-hydrogen) atoms. The average molecular weight is 396 g/mol. The summed E-state index contributed by atoms with van der Waals surface area (Å²) >= 11 is 0. The molecule has 0 aliphatic heterocycles. The van der Waals surface area contributed by atoms with Crippen molar-refractivity contribution in [1.82, 2.24) is 0 Å². The second kappa shape index (κ2) is 7.43. The van der Waals surface area contributed by atoms with Crippen molar-refractivity contribution in [3.05, 3.63) is 41.0 Å². The summed E-state index contributed by atoms with van der Waals surface area (Å²) in [6.07, 6.45) is 7.06. The van der Waals surface area contributed by atoms with Crippen molar-refractivity contribution in [3.8, 4) is 5.75 Å². The van der Waals surface area contributed by atoms with Crippen LogP contribution in [0.5, 0.6) is 5.75 Å². The van der Waals surface area contributed by atoms with E-state index in [4.69, 9.17) is 9.47 Å². The number of carbonyl (C=O) groups excluding carboxylic acids is 3. The van der Waals surface area contributed by atoms with Gasteiger partial charge < -0.3 is 9.47 Å². The number of ether oxygens (including phenoxy) is 2. The SMILES string of the molecule is CC(=O)OCC(=O)C1=CC[C@H]2[C@@H]3CCc4cc(OC(C)=O)ccc4[C@H]3CC[C@]12C. The molecule has 1 fully saturated rings. The van der Waals surface area contributed by atoms with Crippen LogP contribution in [0.15, 0.2) is 29.8 Å². The first-order valence-electron chi connectivity index (χ1n) is 10.5. The highest BCUT2D eigenvalue weighted by molar-refractivity contribution is 5.99. The zero-order valence-electron chi connectivity index (χ0n) is 17.3. The zero-order valence-corrected chi connectivity index (χ0v) is 17.3. The Hall–Kier alpha value is -2.43. The lowest BCUT2D eigenvalue weighted by atomic mass is 9.54. The first kappa shape index (κ1) is 19.9. The van der Waals surface area contributed by atoms with E-state index in [9.17, 15) is 14.4 Å². The van der Waals surface area contributed by atoms with E-state index >= 15 is 0 Å². The average Bonchev–Trinajstić information content (AvgIpc) is 3.02. The zero-order chi connectivity index (χ0) is 20.8. The number of aryl methyl sites for hydroxylation is 1. The highest BCUT2D eigenvalue weighted by Gasteiger charge is 2.53. The van der Waals surface area contributed by atoms with Crippen LogP contribution in [0, 0.1) is 17.3 Å². The number of hydrogen-bond donors (Lipinski definition) is 0. The lowest BCUT2D eigenvalue weighted by molar-refractivity contribution is -0.145. The second-order valence-corrected chi connectivity index (χ2v) is 8.88. The van der Waals surface area contributed by atoms with Gasteiger partial charge in [0.05, 0.1) is 0 Å². The van der Waals surface area contributed by atoms with Gasteiger partial charge >= 0.3 is 11.9 Å². The highest BCUT2D eigenvalue weighted by Crippen LogP contribution is 2.61. The number of ketones is 1. The van der Waals surface area contributed by atoms with Crippen LogP contribution in [0.4, 0.5) is 0 Å². The summed E-state index contributed by atoms with van der Waals surface area (Å²) < 4.78 is 10.2. The Morgan fingerprint density at radius 1 is 1.14 bits per heavy atom. The maximum atomic E-state index is 12.7. The molecular weight excluding hydrogens is 368 g/mol. The van der Waals surface area contributed by atoms with Crippen molar-refractivity contribution in [3.63, 3.8) is 0 Å². The normalized spacial score (nSPS) is 29.8. The van der Waals surface area contributed by atoms with E-state index in [1.165, 1.54) is 25.0 Å². The van der Waals surface area contributed by atoms with Gasteiger partial charge in [-0.05, 0) is 78.5 Å². The van der Waals surface area contributed by atoms with Crippen LogP contribution < -0.4 is 4.74 Å². The van der Waals surface area contributed by atoms with Gasteiger partial charge in [0.2, 0.25) is 0 Å². The Morgan fingerprint density at radius 3 is 2.66 bits per heavy atom. The summed E-state index contributed by atoms with van der Waals surface area (Å²) in [4.78, 5) is 35.1. The summed E-state index contributed by atoms with van der Waals surface area (Å²) in [5, 5.41) is 0. The van der Waals surface area contributed by atoms with Crippen LogP contribution in [0.3, 0.4) is 0 Å². The third kappa shape index (κ3) is 3.52. The smallest absolute Gasteiger partial charge is 0.308 e. The minimum atomic E-state index is -0.417. The molecule has 0 spiro atoms. The third-order valence-electron chi connectivity index (χ3n) is 7.25. The van der Waals surface area contributed by atoms with Crippen molar-refractivity contribution in [1.29, 1.82) is 0 Å². The minimum absolute atomic E-state index is 0.0501. The molecule has 0 aromatic heterocycles. The molecule has 4 rings (SSSR count). The van der Waals surface area contributed by atoms with Gasteiger partial charge in [-0.1, -0.05) is 19.1 Å². The van der Waals surface area contributed by atoms with Crippen LogP contribution in [0.1, 0.15) is 63.5 Å². The molecule has 4 atom stereocenters. The van der Waals surface area contributed by atoms with Crippen LogP contribution in [-0.4, -0.2) is 24.3 Å². The number of benzene rings is 1. The van der Waals surface area contributed by atoms with Gasteiger partial charge in [0.1, 0.15) is 5.75 Å². The number of Topliss-reactive ketones (excluding diaryl/α,β-unsaturated/α-hetero) is 1. The Balaban J connectivity index is 1.54. The topological polar surface area (TPSA) is 69.7 Å². The van der Waals surface area contributed by atoms with E-state index < -0.39 is 5.97 Å². The Bertz CT molecular complexity index is 899. The van der Waals surface area contributed by atoms with E-state index in [1.807, 2.05) is 12.1 Å². The number of fused-ring (bicyclic) bond motifs is 5. The monoisotopic (exact) mass is 396 g/mol. The maximum Gasteiger partial charge on any atom is 0.308 e. The Morgan fingerprint density at radius 2 is 1.93 bits per heavy atom. The summed E-state index contributed by atoms with van der Waals surface area (Å²) in [5.74, 6) is 1.32. The molecule has 0 radical (unpaired) electrons. The molecule has 5 heteroatoms. The van der Waals surface area contributed by atoms with Gasteiger partial charge in [0.25, 0.3) is 0 Å². The van der Waals surface area contributed by atoms with E-state index in [2.05, 4.69) is 19.1 Å². The minimum Gasteiger partial charge on any atom is -0.457 e. The molecule has 3 aliphatic carbocycles. The maximum absolute atomic E-state index is 12.7. The van der Waals surface area contributed by atoms with E-state index in [0.717, 1.165) is 37.7 Å². The molecule has 0 amide bonds. The van der Waals surface area contributed by atoms with Crippen LogP contribution in [0.25, 0.3) is 0 Å². The molecule has 154 valence electrons. The van der Waals surface area contributed by atoms with Crippen molar-refractivity contribution in [2.24, 2.45) is 17.3 Å². The third-order valence-corrected chi connectivity index (χ3v) is 7.25. The number of hydrogen-bond acceptors (Lipinski definition) is 5. The fraction of sp³-hybridized carbons (Fsp3) is 0.542. The molecule has 1 aromatic rings. The Labute approximate surface area is 171 Å². The summed E-state index contributed by atoms with van der Waals surface area (Å²) in [6, 6.07) is 6.04. The molecule has 1 aromatic carbocycles. The predicted octanol–water partition coefficient (Wildman–Crippen LogP) is 4.14. The fourth-order valence-corrected chi connectivity index (χ4v) is 6.03. The highest BCUT2D eigenvalue weighted by atomic mass is 16.5. The van der Waals surface area contributed by atoms with E-state index in [1.54, 1.807) is 0 Å². The van der Waals surface area contributed by atoms with Crippen molar-refractivity contribution in [2.45, 2.75) is 58.8 Å². The van der Waals surface area contributed by atoms with E-state index in [-0.39, 0.29) is 23.8 Å². The summed E-state index contributed by atoms with van der Waals surface area (Å²) in [5.41, 5.74) is 3.39. The summed E-state index contributed by atoms with van der Waals surface area (Å²) in [6.45, 7) is 4.82. The molecule has 0 unspecified atom stereocenters.